The molecule has 0 spiro atoms. The second kappa shape index (κ2) is 17.5. The van der Waals surface area contributed by atoms with Gasteiger partial charge in [-0.2, -0.15) is 0 Å². The van der Waals surface area contributed by atoms with E-state index in [9.17, 15) is 71.8 Å². The van der Waals surface area contributed by atoms with E-state index in [1.165, 1.54) is 72.8 Å². The molecule has 0 saturated heterocycles. The van der Waals surface area contributed by atoms with Crippen molar-refractivity contribution >= 4 is 71.0 Å². The van der Waals surface area contributed by atoms with E-state index >= 15 is 0 Å². The molecule has 0 aliphatic carbocycles. The molecule has 4 rings (SSSR count). The fourth-order valence-corrected chi connectivity index (χ4v) is 8.13. The summed E-state index contributed by atoms with van der Waals surface area (Å²) in [6.07, 6.45) is -3.03. The molecule has 0 unspecified atom stereocenters. The van der Waals surface area contributed by atoms with E-state index in [0.717, 1.165) is 0 Å². The third-order valence-corrected chi connectivity index (χ3v) is 10.9. The number of rotatable bonds is 14. The standard InChI is InChI=1S/C33H38N4O15P4/c1-19-3-7-23(31(38)34-27-9-5-21(15-53(41,42)43)11-25(27)17-55(47,48)49)13-29(19)36-33(40)37-30-14-24(8-4-20(30)2)32(39)35-28-10-6-22(16-54(44,45)46)12-26(28)18-56(50,51)52/h3-14H,15-18H2,1-2H3,(H,34,38)(H,35,39)(H2,36,37,40)(H2,41,42,43)(H2,44,45,46)(H2,47,48,49)(H2,50,51,52). The van der Waals surface area contributed by atoms with Crippen LogP contribution >= 0.6 is 30.4 Å². The van der Waals surface area contributed by atoms with Gasteiger partial charge in [-0.15, -0.1) is 0 Å². The fourth-order valence-electron chi connectivity index (χ4n) is 5.38. The SMILES string of the molecule is Cc1ccc(C(=O)Nc2ccc(CP(=O)(O)O)cc2CP(=O)(O)O)cc1NC(=O)Nc1cc(C(=O)Nc2ccc(CP(=O)(O)O)cc2CP(=O)(O)O)ccc1C. The van der Waals surface area contributed by atoms with Crippen LogP contribution in [0.5, 0.6) is 0 Å². The Hall–Kier alpha value is -4.31. The third-order valence-electron chi connectivity index (χ3n) is 7.86. The first-order valence-corrected chi connectivity index (χ1v) is 23.3. The Labute approximate surface area is 319 Å². The van der Waals surface area contributed by atoms with Gasteiger partial charge in [-0.05, 0) is 83.6 Å². The van der Waals surface area contributed by atoms with Crippen LogP contribution in [0.3, 0.4) is 0 Å². The Balaban J connectivity index is 1.51. The van der Waals surface area contributed by atoms with Crippen molar-refractivity contribution in [3.63, 3.8) is 0 Å². The molecular formula is C33H38N4O15P4. The number of hydrogen-bond donors (Lipinski definition) is 12. The number of carbonyl (C=O) groups excluding carboxylic acids is 3. The number of aryl methyl sites for hydroxylation is 2. The highest BCUT2D eigenvalue weighted by molar-refractivity contribution is 7.51. The summed E-state index contributed by atoms with van der Waals surface area (Å²) >= 11 is 0. The van der Waals surface area contributed by atoms with Crippen LogP contribution in [-0.2, 0) is 42.9 Å². The fraction of sp³-hybridized carbons (Fsp3) is 0.182. The zero-order valence-corrected chi connectivity index (χ0v) is 33.1. The van der Waals surface area contributed by atoms with Crippen molar-refractivity contribution in [2.75, 3.05) is 21.3 Å². The van der Waals surface area contributed by atoms with Crippen LogP contribution in [0.15, 0.2) is 72.8 Å². The molecule has 0 atom stereocenters. The van der Waals surface area contributed by atoms with Gasteiger partial charge >= 0.3 is 36.4 Å². The summed E-state index contributed by atoms with van der Waals surface area (Å²) < 4.78 is 46.5. The first-order chi connectivity index (χ1) is 25.7. The van der Waals surface area contributed by atoms with Crippen molar-refractivity contribution < 1.29 is 71.8 Å². The van der Waals surface area contributed by atoms with Crippen LogP contribution in [-0.4, -0.2) is 57.0 Å². The van der Waals surface area contributed by atoms with Gasteiger partial charge in [0.25, 0.3) is 11.8 Å². The molecule has 0 bridgehead atoms. The van der Waals surface area contributed by atoms with Crippen LogP contribution in [0.1, 0.15) is 54.1 Å². The molecule has 0 aromatic heterocycles. The summed E-state index contributed by atoms with van der Waals surface area (Å²) in [6, 6.07) is 15.3. The molecule has 23 heteroatoms. The van der Waals surface area contributed by atoms with E-state index in [4.69, 9.17) is 0 Å². The minimum Gasteiger partial charge on any atom is -0.324 e. The Morgan fingerprint density at radius 1 is 0.446 bits per heavy atom. The highest BCUT2D eigenvalue weighted by Gasteiger charge is 2.23. The first-order valence-electron chi connectivity index (χ1n) is 16.1. The quantitative estimate of drug-likeness (QED) is 0.0729. The van der Waals surface area contributed by atoms with Crippen LogP contribution in [0, 0.1) is 13.8 Å². The molecule has 4 amide bonds. The second-order valence-electron chi connectivity index (χ2n) is 12.8. The van der Waals surface area contributed by atoms with Gasteiger partial charge < -0.3 is 60.4 Å². The lowest BCUT2D eigenvalue weighted by atomic mass is 10.1. The average Bonchev–Trinajstić information content (AvgIpc) is 3.02. The number of urea groups is 1. The Morgan fingerprint density at radius 3 is 1.11 bits per heavy atom. The predicted octanol–water partition coefficient (Wildman–Crippen LogP) is 5.16. The molecule has 19 nitrogen and oxygen atoms in total. The maximum atomic E-state index is 13.3. The molecule has 0 heterocycles. The Morgan fingerprint density at radius 2 is 0.786 bits per heavy atom. The van der Waals surface area contributed by atoms with Crippen molar-refractivity contribution in [3.05, 3.63) is 117 Å². The van der Waals surface area contributed by atoms with Gasteiger partial charge in [0.2, 0.25) is 0 Å². The summed E-state index contributed by atoms with van der Waals surface area (Å²) in [6.45, 7) is 3.29. The molecule has 0 aliphatic heterocycles. The van der Waals surface area contributed by atoms with Gasteiger partial charge in [0.15, 0.2) is 0 Å². The number of anilines is 4. The summed E-state index contributed by atoms with van der Waals surface area (Å²) in [4.78, 5) is 115. The molecule has 4 aromatic carbocycles. The zero-order chi connectivity index (χ0) is 41.8. The zero-order valence-electron chi connectivity index (χ0n) is 29.5. The maximum absolute atomic E-state index is 13.3. The lowest BCUT2D eigenvalue weighted by Gasteiger charge is -2.16. The Bertz CT molecular complexity index is 2220. The molecule has 12 N–H and O–H groups in total. The van der Waals surface area contributed by atoms with E-state index in [0.29, 0.717) is 11.1 Å². The van der Waals surface area contributed by atoms with E-state index < -0.39 is 72.9 Å². The smallest absolute Gasteiger partial charge is 0.324 e. The molecule has 56 heavy (non-hydrogen) atoms. The van der Waals surface area contributed by atoms with Gasteiger partial charge in [-0.3, -0.25) is 27.8 Å². The summed E-state index contributed by atoms with van der Waals surface area (Å²) in [7, 11) is -18.4. The van der Waals surface area contributed by atoms with Crippen molar-refractivity contribution in [1.82, 2.24) is 0 Å². The Kier molecular flexibility index (Phi) is 13.8. The monoisotopic (exact) mass is 854 g/mol. The highest BCUT2D eigenvalue weighted by atomic mass is 31.2. The molecule has 0 saturated carbocycles. The van der Waals surface area contributed by atoms with Gasteiger partial charge in [0.05, 0.1) is 24.6 Å². The molecule has 0 aliphatic rings. The maximum Gasteiger partial charge on any atom is 0.329 e. The van der Waals surface area contributed by atoms with Crippen LogP contribution in [0.2, 0.25) is 0 Å². The van der Waals surface area contributed by atoms with Crippen LogP contribution in [0.4, 0.5) is 27.5 Å². The number of carbonyl (C=O) groups is 3. The van der Waals surface area contributed by atoms with Crippen molar-refractivity contribution in [1.29, 1.82) is 0 Å². The molecule has 300 valence electrons. The molecule has 0 fully saturated rings. The van der Waals surface area contributed by atoms with Crippen molar-refractivity contribution in [2.24, 2.45) is 0 Å². The minimum atomic E-state index is -4.68. The molecule has 0 radical (unpaired) electrons. The van der Waals surface area contributed by atoms with Gasteiger partial charge in [-0.1, -0.05) is 36.4 Å². The first kappa shape index (κ1) is 44.4. The summed E-state index contributed by atoms with van der Waals surface area (Å²) in [5.74, 6) is -1.48. The lowest BCUT2D eigenvalue weighted by molar-refractivity contribution is 0.101. The summed E-state index contributed by atoms with van der Waals surface area (Å²) in [5, 5.41) is 10.3. The highest BCUT2D eigenvalue weighted by Crippen LogP contribution is 2.45. The van der Waals surface area contributed by atoms with E-state index in [-0.39, 0.29) is 56.1 Å². The van der Waals surface area contributed by atoms with Crippen molar-refractivity contribution in [2.45, 2.75) is 38.5 Å². The predicted molar refractivity (Wildman–Crippen MR) is 207 cm³/mol. The van der Waals surface area contributed by atoms with Gasteiger partial charge in [0.1, 0.15) is 0 Å². The van der Waals surface area contributed by atoms with Crippen LogP contribution < -0.4 is 21.3 Å². The second-order valence-corrected chi connectivity index (χ2v) is 19.4. The third kappa shape index (κ3) is 14.0. The normalized spacial score (nSPS) is 12.2. The minimum absolute atomic E-state index is 0.0186. The summed E-state index contributed by atoms with van der Waals surface area (Å²) in [5.41, 5.74) is 1.51. The largest absolute Gasteiger partial charge is 0.329 e. The van der Waals surface area contributed by atoms with Gasteiger partial charge in [0, 0.05) is 33.9 Å². The number of benzene rings is 4. The van der Waals surface area contributed by atoms with E-state index in [2.05, 4.69) is 21.3 Å². The number of amides is 4. The average molecular weight is 855 g/mol. The topological polar surface area (TPSA) is 329 Å². The molecule has 4 aromatic rings. The van der Waals surface area contributed by atoms with E-state index in [1.807, 2.05) is 0 Å². The lowest BCUT2D eigenvalue weighted by Crippen LogP contribution is -2.22. The number of hydrogen-bond acceptors (Lipinski definition) is 7. The number of nitrogens with one attached hydrogen (secondary N) is 4. The van der Waals surface area contributed by atoms with Crippen molar-refractivity contribution in [3.8, 4) is 0 Å². The van der Waals surface area contributed by atoms with E-state index in [1.54, 1.807) is 13.8 Å². The van der Waals surface area contributed by atoms with Crippen LogP contribution in [0.25, 0.3) is 0 Å². The van der Waals surface area contributed by atoms with Gasteiger partial charge in [-0.25, -0.2) is 4.79 Å². The molecular weight excluding hydrogens is 816 g/mol.